The van der Waals surface area contributed by atoms with E-state index in [9.17, 15) is 0 Å². The van der Waals surface area contributed by atoms with Crippen LogP contribution in [0.2, 0.25) is 0 Å². The van der Waals surface area contributed by atoms with Crippen molar-refractivity contribution in [3.8, 4) is 5.75 Å². The molecule has 1 heterocycles. The average molecular weight is 248 g/mol. The first-order valence-corrected chi connectivity index (χ1v) is 6.73. The standard InChI is InChI=1S/C15H24N2O/c1-10-8-11(2)17(9-10)13-6-5-7-14(18-4)15(13)12(3)16/h5-7,10-12H,8-9,16H2,1-4H3/t10?,11?,12-/m1/s1. The summed E-state index contributed by atoms with van der Waals surface area (Å²) in [7, 11) is 1.71. The van der Waals surface area contributed by atoms with Gasteiger partial charge in [-0.25, -0.2) is 0 Å². The molecule has 3 nitrogen and oxygen atoms in total. The Morgan fingerprint density at radius 2 is 2.11 bits per heavy atom. The molecule has 0 amide bonds. The molecule has 3 atom stereocenters. The third-order valence-electron chi connectivity index (χ3n) is 3.81. The van der Waals surface area contributed by atoms with Crippen LogP contribution in [-0.2, 0) is 0 Å². The summed E-state index contributed by atoms with van der Waals surface area (Å²) in [6.07, 6.45) is 1.25. The van der Waals surface area contributed by atoms with Crippen LogP contribution in [0.5, 0.6) is 5.75 Å². The molecule has 0 radical (unpaired) electrons. The number of methoxy groups -OCH3 is 1. The van der Waals surface area contributed by atoms with Crippen molar-refractivity contribution in [1.29, 1.82) is 0 Å². The third kappa shape index (κ3) is 2.32. The Hall–Kier alpha value is -1.22. The topological polar surface area (TPSA) is 38.5 Å². The second-order valence-electron chi connectivity index (χ2n) is 5.52. The first-order valence-electron chi connectivity index (χ1n) is 6.73. The Labute approximate surface area is 110 Å². The maximum atomic E-state index is 6.13. The molecule has 1 fully saturated rings. The number of benzene rings is 1. The zero-order valence-electron chi connectivity index (χ0n) is 11.8. The van der Waals surface area contributed by atoms with E-state index in [2.05, 4.69) is 30.9 Å². The van der Waals surface area contributed by atoms with Gasteiger partial charge in [-0.2, -0.15) is 0 Å². The number of ether oxygens (including phenoxy) is 1. The van der Waals surface area contributed by atoms with Gasteiger partial charge in [-0.3, -0.25) is 0 Å². The van der Waals surface area contributed by atoms with Gasteiger partial charge < -0.3 is 15.4 Å². The fraction of sp³-hybridized carbons (Fsp3) is 0.600. The van der Waals surface area contributed by atoms with Crippen LogP contribution in [0.15, 0.2) is 18.2 Å². The van der Waals surface area contributed by atoms with Crippen molar-refractivity contribution in [1.82, 2.24) is 0 Å². The molecule has 2 N–H and O–H groups in total. The molecule has 1 aliphatic heterocycles. The molecule has 2 unspecified atom stereocenters. The highest BCUT2D eigenvalue weighted by Crippen LogP contribution is 2.37. The van der Waals surface area contributed by atoms with E-state index in [0.717, 1.165) is 23.8 Å². The molecule has 0 aliphatic carbocycles. The fourth-order valence-corrected chi connectivity index (χ4v) is 3.05. The van der Waals surface area contributed by atoms with Crippen molar-refractivity contribution in [2.45, 2.75) is 39.3 Å². The number of anilines is 1. The highest BCUT2D eigenvalue weighted by atomic mass is 16.5. The van der Waals surface area contributed by atoms with E-state index in [1.54, 1.807) is 7.11 Å². The molecule has 1 aliphatic rings. The molecule has 1 aromatic rings. The SMILES string of the molecule is COc1cccc(N2CC(C)CC2C)c1[C@@H](C)N. The van der Waals surface area contributed by atoms with Crippen molar-refractivity contribution in [2.24, 2.45) is 11.7 Å². The quantitative estimate of drug-likeness (QED) is 0.893. The van der Waals surface area contributed by atoms with E-state index in [1.165, 1.54) is 12.1 Å². The summed E-state index contributed by atoms with van der Waals surface area (Å²) >= 11 is 0. The van der Waals surface area contributed by atoms with Gasteiger partial charge in [0.25, 0.3) is 0 Å². The molecule has 100 valence electrons. The number of nitrogens with two attached hydrogens (primary N) is 1. The summed E-state index contributed by atoms with van der Waals surface area (Å²) in [6.45, 7) is 7.72. The minimum absolute atomic E-state index is 0.0146. The minimum Gasteiger partial charge on any atom is -0.496 e. The zero-order valence-corrected chi connectivity index (χ0v) is 11.8. The minimum atomic E-state index is -0.0146. The first kappa shape index (κ1) is 13.2. The van der Waals surface area contributed by atoms with E-state index in [1.807, 2.05) is 13.0 Å². The Morgan fingerprint density at radius 1 is 1.39 bits per heavy atom. The van der Waals surface area contributed by atoms with Gasteiger partial charge in [-0.15, -0.1) is 0 Å². The van der Waals surface area contributed by atoms with Crippen LogP contribution in [0.25, 0.3) is 0 Å². The number of nitrogens with zero attached hydrogens (tertiary/aromatic N) is 1. The highest BCUT2D eigenvalue weighted by Gasteiger charge is 2.29. The van der Waals surface area contributed by atoms with Gasteiger partial charge in [0, 0.05) is 29.9 Å². The van der Waals surface area contributed by atoms with Crippen molar-refractivity contribution in [2.75, 3.05) is 18.6 Å². The van der Waals surface area contributed by atoms with Crippen molar-refractivity contribution < 1.29 is 4.74 Å². The fourth-order valence-electron chi connectivity index (χ4n) is 3.05. The molecule has 1 aromatic carbocycles. The molecule has 3 heteroatoms. The average Bonchev–Trinajstić information content (AvgIpc) is 2.67. The summed E-state index contributed by atoms with van der Waals surface area (Å²) in [5.74, 6) is 1.64. The molecule has 1 saturated heterocycles. The first-order chi connectivity index (χ1) is 8.54. The predicted octanol–water partition coefficient (Wildman–Crippen LogP) is 2.95. The van der Waals surface area contributed by atoms with Gasteiger partial charge in [0.05, 0.1) is 7.11 Å². The number of hydrogen-bond acceptors (Lipinski definition) is 3. The summed E-state index contributed by atoms with van der Waals surface area (Å²) < 4.78 is 5.46. The Bertz CT molecular complexity index is 417. The van der Waals surface area contributed by atoms with Gasteiger partial charge in [-0.1, -0.05) is 13.0 Å². The highest BCUT2D eigenvalue weighted by molar-refractivity contribution is 5.61. The normalized spacial score (nSPS) is 25.3. The van der Waals surface area contributed by atoms with E-state index < -0.39 is 0 Å². The smallest absolute Gasteiger partial charge is 0.125 e. The van der Waals surface area contributed by atoms with Gasteiger partial charge >= 0.3 is 0 Å². The van der Waals surface area contributed by atoms with Gasteiger partial charge in [-0.05, 0) is 38.3 Å². The van der Waals surface area contributed by atoms with Crippen LogP contribution in [0.1, 0.15) is 38.8 Å². The number of rotatable bonds is 3. The largest absolute Gasteiger partial charge is 0.496 e. The summed E-state index contributed by atoms with van der Waals surface area (Å²) in [4.78, 5) is 2.46. The van der Waals surface area contributed by atoms with Crippen LogP contribution in [0.4, 0.5) is 5.69 Å². The second-order valence-corrected chi connectivity index (χ2v) is 5.52. The lowest BCUT2D eigenvalue weighted by Crippen LogP contribution is -2.28. The molecule has 0 bridgehead atoms. The zero-order chi connectivity index (χ0) is 13.3. The number of hydrogen-bond donors (Lipinski definition) is 1. The molecular weight excluding hydrogens is 224 g/mol. The summed E-state index contributed by atoms with van der Waals surface area (Å²) in [5, 5.41) is 0. The Balaban J connectivity index is 2.44. The maximum absolute atomic E-state index is 6.13. The molecule has 2 rings (SSSR count). The van der Waals surface area contributed by atoms with Crippen LogP contribution in [-0.4, -0.2) is 19.7 Å². The van der Waals surface area contributed by atoms with E-state index in [0.29, 0.717) is 6.04 Å². The van der Waals surface area contributed by atoms with Gasteiger partial charge in [0.15, 0.2) is 0 Å². The Kier molecular flexibility index (Phi) is 3.81. The van der Waals surface area contributed by atoms with Gasteiger partial charge in [0.1, 0.15) is 5.75 Å². The predicted molar refractivity (Wildman–Crippen MR) is 76.2 cm³/mol. The lowest BCUT2D eigenvalue weighted by molar-refractivity contribution is 0.407. The van der Waals surface area contributed by atoms with E-state index >= 15 is 0 Å². The molecule has 18 heavy (non-hydrogen) atoms. The van der Waals surface area contributed by atoms with Crippen LogP contribution >= 0.6 is 0 Å². The monoisotopic (exact) mass is 248 g/mol. The molecule has 0 saturated carbocycles. The lowest BCUT2D eigenvalue weighted by Gasteiger charge is -2.28. The van der Waals surface area contributed by atoms with E-state index in [4.69, 9.17) is 10.5 Å². The van der Waals surface area contributed by atoms with Crippen LogP contribution in [0, 0.1) is 5.92 Å². The lowest BCUT2D eigenvalue weighted by atomic mass is 10.0. The maximum Gasteiger partial charge on any atom is 0.125 e. The Morgan fingerprint density at radius 3 is 2.61 bits per heavy atom. The summed E-state index contributed by atoms with van der Waals surface area (Å²) in [5.41, 5.74) is 8.50. The van der Waals surface area contributed by atoms with Gasteiger partial charge in [0.2, 0.25) is 0 Å². The summed E-state index contributed by atoms with van der Waals surface area (Å²) in [6, 6.07) is 6.77. The molecular formula is C15H24N2O. The van der Waals surface area contributed by atoms with E-state index in [-0.39, 0.29) is 6.04 Å². The molecule has 0 spiro atoms. The second kappa shape index (κ2) is 5.19. The van der Waals surface area contributed by atoms with Crippen molar-refractivity contribution >= 4 is 5.69 Å². The van der Waals surface area contributed by atoms with Crippen molar-refractivity contribution in [3.05, 3.63) is 23.8 Å². The van der Waals surface area contributed by atoms with Crippen molar-refractivity contribution in [3.63, 3.8) is 0 Å². The molecule has 0 aromatic heterocycles. The van der Waals surface area contributed by atoms with Crippen LogP contribution < -0.4 is 15.4 Å². The third-order valence-corrected chi connectivity index (χ3v) is 3.81. The van der Waals surface area contributed by atoms with Crippen LogP contribution in [0.3, 0.4) is 0 Å².